The van der Waals surface area contributed by atoms with E-state index in [1.165, 1.54) is 0 Å². The van der Waals surface area contributed by atoms with Crippen molar-refractivity contribution in [3.8, 4) is 0 Å². The van der Waals surface area contributed by atoms with Gasteiger partial charge in [0.05, 0.1) is 25.4 Å². The number of hydrogen-bond acceptors (Lipinski definition) is 10. The Labute approximate surface area is 130 Å². The van der Waals surface area contributed by atoms with Crippen LogP contribution in [-0.2, 0) is 31.2 Å². The van der Waals surface area contributed by atoms with Gasteiger partial charge in [-0.3, -0.25) is 27.3 Å². The monoisotopic (exact) mass is 415 g/mol. The third-order valence-electron chi connectivity index (χ3n) is 0.945. The molecule has 0 bridgehead atoms. The molecule has 0 aliphatic heterocycles. The van der Waals surface area contributed by atoms with Gasteiger partial charge in [-0.2, -0.15) is 25.3 Å². The Hall–Kier alpha value is -0.550. The van der Waals surface area contributed by atoms with Gasteiger partial charge in [-0.25, -0.2) is 0 Å². The largest absolute Gasteiger partial charge is 0.394 e. The number of nitrogens with two attached hydrogens (primary N) is 1. The first-order valence-corrected chi connectivity index (χ1v) is 8.58. The fourth-order valence-electron chi connectivity index (χ4n) is 0.150. The molecule has 0 radical (unpaired) electrons. The van der Waals surface area contributed by atoms with Crippen LogP contribution in [0.4, 0.5) is 0 Å². The van der Waals surface area contributed by atoms with Crippen molar-refractivity contribution in [3.63, 3.8) is 0 Å². The van der Waals surface area contributed by atoms with Crippen LogP contribution in [0.5, 0.6) is 0 Å². The van der Waals surface area contributed by atoms with Gasteiger partial charge in [0.1, 0.15) is 0 Å². The molecule has 0 saturated carbocycles. The Morgan fingerprint density at radius 3 is 0.652 bits per heavy atom. The third kappa shape index (κ3) is 114. The maximum absolute atomic E-state index is 8.74. The molecule has 0 saturated heterocycles. The second-order valence-corrected chi connectivity index (χ2v) is 5.87. The molecule has 0 aliphatic rings. The molecule has 146 valence electrons. The summed E-state index contributed by atoms with van der Waals surface area (Å²) in [6.07, 6.45) is 0. The van der Waals surface area contributed by atoms with E-state index in [0.717, 1.165) is 0 Å². The fraction of sp³-hybridized carbons (Fsp3) is 1.00. The lowest BCUT2D eigenvalue weighted by Crippen LogP contribution is -2.50. The van der Waals surface area contributed by atoms with Crippen molar-refractivity contribution in [2.24, 2.45) is 5.73 Å². The normalized spacial score (nSPS) is 11.7. The summed E-state index contributed by atoms with van der Waals surface area (Å²) in [5.74, 6) is 0. The van der Waals surface area contributed by atoms with Gasteiger partial charge in [-0.05, 0) is 0 Å². The van der Waals surface area contributed by atoms with Crippen molar-refractivity contribution in [2.75, 3.05) is 19.8 Å². The summed E-state index contributed by atoms with van der Waals surface area (Å²) >= 11 is 0. The zero-order valence-corrected chi connectivity index (χ0v) is 13.3. The Bertz CT molecular complexity index is 467. The van der Waals surface area contributed by atoms with Crippen LogP contribution in [0.1, 0.15) is 0 Å². The molecular weight excluding hydrogens is 398 g/mol. The van der Waals surface area contributed by atoms with Gasteiger partial charge in [0.2, 0.25) is 0 Å². The van der Waals surface area contributed by atoms with E-state index in [9.17, 15) is 0 Å². The number of aliphatic hydroxyl groups excluding tert-OH is 3. The summed E-state index contributed by atoms with van der Waals surface area (Å²) in [5, 5.41) is 25.0. The summed E-state index contributed by atoms with van der Waals surface area (Å²) < 4.78 is 94.8. The van der Waals surface area contributed by atoms with Gasteiger partial charge < -0.3 is 21.1 Å². The Morgan fingerprint density at radius 1 is 0.565 bits per heavy atom. The zero-order valence-electron chi connectivity index (χ0n) is 10.9. The van der Waals surface area contributed by atoms with Gasteiger partial charge in [0.25, 0.3) is 0 Å². The summed E-state index contributed by atoms with van der Waals surface area (Å²) in [7, 11) is -14.0. The minimum atomic E-state index is -4.67. The van der Waals surface area contributed by atoms with E-state index in [0.29, 0.717) is 0 Å². The standard InChI is InChI=1S/C4H11NO3.3H2O4S/c5-4(1-6,2-7)3-8;3*1-5(2,3)4/h6-8H,1-3,5H2;3*(H2,1,2,3,4). The van der Waals surface area contributed by atoms with Crippen molar-refractivity contribution in [1.29, 1.82) is 0 Å². The van der Waals surface area contributed by atoms with Crippen molar-refractivity contribution in [2.45, 2.75) is 5.54 Å². The SMILES string of the molecule is NC(CO)(CO)CO.O=S(=O)(O)O.O=S(=O)(O)O.O=S(=O)(O)O. The van der Waals surface area contributed by atoms with E-state index >= 15 is 0 Å². The van der Waals surface area contributed by atoms with E-state index in [1.807, 2.05) is 0 Å². The predicted molar refractivity (Wildman–Crippen MR) is 70.7 cm³/mol. The first-order chi connectivity index (χ1) is 9.68. The van der Waals surface area contributed by atoms with Gasteiger partial charge in [0.15, 0.2) is 0 Å². The zero-order chi connectivity index (χ0) is 20.1. The highest BCUT2D eigenvalue weighted by atomic mass is 32.3. The van der Waals surface area contributed by atoms with E-state index in [1.54, 1.807) is 0 Å². The molecule has 0 amide bonds. The van der Waals surface area contributed by atoms with Crippen LogP contribution < -0.4 is 5.73 Å². The Balaban J connectivity index is -0.000000108. The highest BCUT2D eigenvalue weighted by Gasteiger charge is 2.20. The van der Waals surface area contributed by atoms with Crippen molar-refractivity contribution in [1.82, 2.24) is 0 Å². The topological polar surface area (TPSA) is 311 Å². The van der Waals surface area contributed by atoms with Crippen molar-refractivity contribution >= 4 is 31.2 Å². The average molecular weight is 415 g/mol. The minimum Gasteiger partial charge on any atom is -0.394 e. The van der Waals surface area contributed by atoms with Crippen LogP contribution in [0.3, 0.4) is 0 Å². The molecule has 0 spiro atoms. The molecule has 0 aromatic heterocycles. The summed E-state index contributed by atoms with van der Waals surface area (Å²) in [6.45, 7) is -1.21. The number of hydrogen-bond donors (Lipinski definition) is 10. The molecular formula is C4H17NO15S3. The molecule has 16 nitrogen and oxygen atoms in total. The number of rotatable bonds is 3. The average Bonchev–Trinajstić information content (AvgIpc) is 2.21. The summed E-state index contributed by atoms with van der Waals surface area (Å²) in [4.78, 5) is 0. The van der Waals surface area contributed by atoms with Crippen LogP contribution in [-0.4, -0.2) is 93.2 Å². The lowest BCUT2D eigenvalue weighted by molar-refractivity contribution is 0.0697. The van der Waals surface area contributed by atoms with E-state index in [-0.39, 0.29) is 0 Å². The minimum absolute atomic E-state index is 0.403. The quantitative estimate of drug-likeness (QED) is 0.195. The van der Waals surface area contributed by atoms with Crippen LogP contribution in [0.2, 0.25) is 0 Å². The highest BCUT2D eigenvalue weighted by Crippen LogP contribution is 1.93. The lowest BCUT2D eigenvalue weighted by atomic mass is 10.1. The molecule has 0 heterocycles. The summed E-state index contributed by atoms with van der Waals surface area (Å²) in [5.41, 5.74) is 3.94. The van der Waals surface area contributed by atoms with E-state index < -0.39 is 56.6 Å². The second-order valence-electron chi connectivity index (χ2n) is 3.18. The maximum atomic E-state index is 8.74. The molecule has 11 N–H and O–H groups in total. The van der Waals surface area contributed by atoms with Crippen LogP contribution >= 0.6 is 0 Å². The van der Waals surface area contributed by atoms with Gasteiger partial charge in [-0.1, -0.05) is 0 Å². The smallest absolute Gasteiger partial charge is 0.394 e. The number of aliphatic hydroxyl groups is 3. The van der Waals surface area contributed by atoms with Gasteiger partial charge >= 0.3 is 31.2 Å². The van der Waals surface area contributed by atoms with Gasteiger partial charge in [-0.15, -0.1) is 0 Å². The van der Waals surface area contributed by atoms with E-state index in [2.05, 4.69) is 0 Å². The first kappa shape index (κ1) is 30.3. The highest BCUT2D eigenvalue weighted by molar-refractivity contribution is 7.80. The Morgan fingerprint density at radius 2 is 0.652 bits per heavy atom. The van der Waals surface area contributed by atoms with E-state index in [4.69, 9.17) is 73.6 Å². The lowest BCUT2D eigenvalue weighted by Gasteiger charge is -2.20. The molecule has 23 heavy (non-hydrogen) atoms. The molecule has 0 fully saturated rings. The van der Waals surface area contributed by atoms with Crippen molar-refractivity contribution in [3.05, 3.63) is 0 Å². The molecule has 0 aliphatic carbocycles. The Kier molecular flexibility index (Phi) is 16.9. The second kappa shape index (κ2) is 12.8. The predicted octanol–water partition coefficient (Wildman–Crippen LogP) is -4.30. The first-order valence-electron chi connectivity index (χ1n) is 4.39. The molecule has 0 aromatic rings. The maximum Gasteiger partial charge on any atom is 0.394 e. The molecule has 0 rings (SSSR count). The summed E-state index contributed by atoms with van der Waals surface area (Å²) in [6, 6.07) is 0. The molecule has 0 aromatic carbocycles. The van der Waals surface area contributed by atoms with Crippen LogP contribution in [0, 0.1) is 0 Å². The fourth-order valence-corrected chi connectivity index (χ4v) is 0.150. The van der Waals surface area contributed by atoms with Gasteiger partial charge in [0, 0.05) is 0 Å². The van der Waals surface area contributed by atoms with Crippen LogP contribution in [0.15, 0.2) is 0 Å². The molecule has 0 atom stereocenters. The molecule has 19 heteroatoms. The molecule has 0 unspecified atom stereocenters. The van der Waals surface area contributed by atoms with Crippen LogP contribution in [0.25, 0.3) is 0 Å². The third-order valence-corrected chi connectivity index (χ3v) is 0.945. The van der Waals surface area contributed by atoms with Crippen molar-refractivity contribution < 1.29 is 67.9 Å².